The minimum Gasteiger partial charge on any atom is -0.459 e. The van der Waals surface area contributed by atoms with Crippen LogP contribution in [-0.4, -0.2) is 16.1 Å². The fraction of sp³-hybridized carbons (Fsp3) is 0.357. The lowest BCUT2D eigenvalue weighted by Crippen LogP contribution is -2.32. The maximum Gasteiger partial charge on any atom is 0.422 e. The Balaban J connectivity index is 2.48. The topological polar surface area (TPSA) is 78.5 Å². The summed E-state index contributed by atoms with van der Waals surface area (Å²) >= 11 is 0. The van der Waals surface area contributed by atoms with E-state index < -0.39 is 23.0 Å². The summed E-state index contributed by atoms with van der Waals surface area (Å²) in [5.41, 5.74) is -1.02. The van der Waals surface area contributed by atoms with Crippen molar-refractivity contribution in [1.29, 1.82) is 0 Å². The number of para-hydroxylation sites is 1. The van der Waals surface area contributed by atoms with Crippen molar-refractivity contribution >= 4 is 16.9 Å². The first-order valence-corrected chi connectivity index (χ1v) is 6.12. The molecule has 0 spiro atoms. The lowest BCUT2D eigenvalue weighted by atomic mass is 10.2. The molecule has 1 heterocycles. The van der Waals surface area contributed by atoms with Gasteiger partial charge in [0.1, 0.15) is 12.1 Å². The van der Waals surface area contributed by atoms with Gasteiger partial charge in [-0.25, -0.2) is 9.59 Å². The number of esters is 1. The molecule has 106 valence electrons. The maximum atomic E-state index is 11.8. The zero-order valence-corrected chi connectivity index (χ0v) is 11.5. The number of aromatic nitrogens is 1. The van der Waals surface area contributed by atoms with Crippen molar-refractivity contribution in [2.24, 2.45) is 0 Å². The molecular weight excluding hydrogens is 262 g/mol. The van der Waals surface area contributed by atoms with Crippen LogP contribution >= 0.6 is 0 Å². The van der Waals surface area contributed by atoms with E-state index in [2.05, 4.69) is 4.42 Å². The number of carbonyl (C=O) groups is 1. The van der Waals surface area contributed by atoms with Crippen LogP contribution < -0.4 is 11.4 Å². The SMILES string of the molecule is CC(C)(C)OC(=O)Cn1c(=O)oc(=O)c2ccccc21. The first kappa shape index (κ1) is 14.0. The molecule has 0 aliphatic rings. The molecule has 0 fully saturated rings. The van der Waals surface area contributed by atoms with Crippen molar-refractivity contribution in [2.75, 3.05) is 0 Å². The molecule has 2 rings (SSSR count). The third kappa shape index (κ3) is 2.96. The van der Waals surface area contributed by atoms with E-state index in [0.29, 0.717) is 5.52 Å². The number of benzene rings is 1. The van der Waals surface area contributed by atoms with E-state index in [1.807, 2.05) is 0 Å². The van der Waals surface area contributed by atoms with Crippen LogP contribution in [0.5, 0.6) is 0 Å². The van der Waals surface area contributed by atoms with E-state index in [9.17, 15) is 14.4 Å². The number of ether oxygens (including phenoxy) is 1. The molecule has 0 saturated heterocycles. The quantitative estimate of drug-likeness (QED) is 0.773. The third-order valence-corrected chi connectivity index (χ3v) is 2.52. The predicted molar refractivity (Wildman–Crippen MR) is 72.6 cm³/mol. The highest BCUT2D eigenvalue weighted by Crippen LogP contribution is 2.10. The second kappa shape index (κ2) is 4.96. The van der Waals surface area contributed by atoms with E-state index in [1.165, 1.54) is 6.07 Å². The maximum absolute atomic E-state index is 11.8. The number of fused-ring (bicyclic) bond motifs is 1. The standard InChI is InChI=1S/C14H15NO5/c1-14(2,3)20-11(16)8-15-10-7-5-4-6-9(10)12(17)19-13(15)18/h4-7H,8H2,1-3H3. The van der Waals surface area contributed by atoms with Gasteiger partial charge in [0.25, 0.3) is 0 Å². The summed E-state index contributed by atoms with van der Waals surface area (Å²) < 4.78 is 10.8. The predicted octanol–water partition coefficient (Wildman–Crippen LogP) is 1.30. The summed E-state index contributed by atoms with van der Waals surface area (Å²) in [5, 5.41) is 0.246. The van der Waals surface area contributed by atoms with Gasteiger partial charge in [0.2, 0.25) is 0 Å². The highest BCUT2D eigenvalue weighted by molar-refractivity contribution is 5.79. The molecule has 0 saturated carbocycles. The number of nitrogens with zero attached hydrogens (tertiary/aromatic N) is 1. The minimum absolute atomic E-state index is 0.246. The Morgan fingerprint density at radius 3 is 2.55 bits per heavy atom. The van der Waals surface area contributed by atoms with Gasteiger partial charge in [-0.2, -0.15) is 0 Å². The highest BCUT2D eigenvalue weighted by Gasteiger charge is 2.18. The van der Waals surface area contributed by atoms with E-state index >= 15 is 0 Å². The summed E-state index contributed by atoms with van der Waals surface area (Å²) in [7, 11) is 0. The first-order chi connectivity index (χ1) is 9.28. The van der Waals surface area contributed by atoms with Gasteiger partial charge >= 0.3 is 17.4 Å². The zero-order chi connectivity index (χ0) is 14.9. The number of carbonyl (C=O) groups excluding carboxylic acids is 1. The fourth-order valence-electron chi connectivity index (χ4n) is 1.82. The average molecular weight is 277 g/mol. The summed E-state index contributed by atoms with van der Waals surface area (Å²) in [6.45, 7) is 4.89. The largest absolute Gasteiger partial charge is 0.459 e. The van der Waals surface area contributed by atoms with Crippen molar-refractivity contribution in [3.05, 3.63) is 45.2 Å². The van der Waals surface area contributed by atoms with E-state index in [-0.39, 0.29) is 11.9 Å². The smallest absolute Gasteiger partial charge is 0.422 e. The van der Waals surface area contributed by atoms with Crippen LogP contribution in [0.2, 0.25) is 0 Å². The molecular formula is C14H15NO5. The van der Waals surface area contributed by atoms with Crippen LogP contribution in [0.4, 0.5) is 0 Å². The Labute approximate surface area is 114 Å². The van der Waals surface area contributed by atoms with Gasteiger partial charge in [0, 0.05) is 0 Å². The zero-order valence-electron chi connectivity index (χ0n) is 11.5. The minimum atomic E-state index is -0.875. The van der Waals surface area contributed by atoms with Gasteiger partial charge in [0.15, 0.2) is 0 Å². The molecule has 0 bridgehead atoms. The summed E-state index contributed by atoms with van der Waals surface area (Å²) in [5.74, 6) is -1.45. The summed E-state index contributed by atoms with van der Waals surface area (Å²) in [4.78, 5) is 35.1. The van der Waals surface area contributed by atoms with Gasteiger partial charge in [-0.1, -0.05) is 12.1 Å². The molecule has 2 aromatic rings. The molecule has 0 aliphatic carbocycles. The van der Waals surface area contributed by atoms with E-state index in [4.69, 9.17) is 4.74 Å². The normalized spacial score (nSPS) is 11.6. The van der Waals surface area contributed by atoms with Gasteiger partial charge < -0.3 is 9.15 Å². The number of hydrogen-bond donors (Lipinski definition) is 0. The fourth-order valence-corrected chi connectivity index (χ4v) is 1.82. The van der Waals surface area contributed by atoms with Gasteiger partial charge in [-0.05, 0) is 32.9 Å². The second-order valence-corrected chi connectivity index (χ2v) is 5.35. The van der Waals surface area contributed by atoms with Crippen molar-refractivity contribution in [3.8, 4) is 0 Å². The molecule has 6 heteroatoms. The Hall–Kier alpha value is -2.37. The van der Waals surface area contributed by atoms with Crippen LogP contribution in [0.15, 0.2) is 38.3 Å². The Kier molecular flexibility index (Phi) is 3.48. The van der Waals surface area contributed by atoms with Crippen molar-refractivity contribution in [2.45, 2.75) is 32.9 Å². The molecule has 6 nitrogen and oxygen atoms in total. The molecule has 0 atom stereocenters. The van der Waals surface area contributed by atoms with Crippen LogP contribution in [0, 0.1) is 0 Å². The van der Waals surface area contributed by atoms with Crippen LogP contribution in [0.1, 0.15) is 20.8 Å². The molecule has 0 unspecified atom stereocenters. The van der Waals surface area contributed by atoms with Gasteiger partial charge in [-0.3, -0.25) is 9.36 Å². The Morgan fingerprint density at radius 1 is 1.25 bits per heavy atom. The van der Waals surface area contributed by atoms with Crippen LogP contribution in [-0.2, 0) is 16.1 Å². The highest BCUT2D eigenvalue weighted by atomic mass is 16.6. The third-order valence-electron chi connectivity index (χ3n) is 2.52. The molecule has 0 radical (unpaired) electrons. The summed E-state index contributed by atoms with van der Waals surface area (Å²) in [6.07, 6.45) is 0. The summed E-state index contributed by atoms with van der Waals surface area (Å²) in [6, 6.07) is 6.44. The number of rotatable bonds is 2. The number of hydrogen-bond acceptors (Lipinski definition) is 5. The van der Waals surface area contributed by atoms with Crippen molar-refractivity contribution < 1.29 is 13.9 Å². The second-order valence-electron chi connectivity index (χ2n) is 5.35. The molecule has 0 N–H and O–H groups in total. The average Bonchev–Trinajstić information content (AvgIpc) is 2.32. The molecule has 0 amide bonds. The van der Waals surface area contributed by atoms with Crippen LogP contribution in [0.25, 0.3) is 10.9 Å². The lowest BCUT2D eigenvalue weighted by molar-refractivity contribution is -0.155. The first-order valence-electron chi connectivity index (χ1n) is 6.12. The Bertz CT molecular complexity index is 763. The molecule has 0 aliphatic heterocycles. The van der Waals surface area contributed by atoms with Crippen molar-refractivity contribution in [3.63, 3.8) is 0 Å². The monoisotopic (exact) mass is 277 g/mol. The van der Waals surface area contributed by atoms with E-state index in [1.54, 1.807) is 39.0 Å². The van der Waals surface area contributed by atoms with Crippen LogP contribution in [0.3, 0.4) is 0 Å². The molecule has 1 aromatic heterocycles. The van der Waals surface area contributed by atoms with Gasteiger partial charge in [0.05, 0.1) is 10.9 Å². The van der Waals surface area contributed by atoms with E-state index in [0.717, 1.165) is 4.57 Å². The molecule has 1 aromatic carbocycles. The van der Waals surface area contributed by atoms with Crippen molar-refractivity contribution in [1.82, 2.24) is 4.57 Å². The van der Waals surface area contributed by atoms with Gasteiger partial charge in [-0.15, -0.1) is 0 Å². The Morgan fingerprint density at radius 2 is 1.90 bits per heavy atom. The lowest BCUT2D eigenvalue weighted by Gasteiger charge is -2.19. The molecule has 20 heavy (non-hydrogen) atoms.